The average Bonchev–Trinajstić information content (AvgIpc) is 2.70. The van der Waals surface area contributed by atoms with Crippen molar-refractivity contribution in [3.8, 4) is 11.1 Å². The van der Waals surface area contributed by atoms with Crippen molar-refractivity contribution in [1.29, 1.82) is 0 Å². The van der Waals surface area contributed by atoms with Crippen LogP contribution in [0, 0.1) is 6.57 Å². The van der Waals surface area contributed by atoms with Crippen LogP contribution in [0.25, 0.3) is 16.0 Å². The Hall–Kier alpha value is -2.85. The zero-order valence-electron chi connectivity index (χ0n) is 16.5. The lowest BCUT2D eigenvalue weighted by Crippen LogP contribution is -2.18. The normalized spacial score (nSPS) is 11.0. The minimum Gasteiger partial charge on any atom is -0.478 e. The first-order valence-electron chi connectivity index (χ1n) is 9.72. The largest absolute Gasteiger partial charge is 0.478 e. The molecule has 0 aliphatic rings. The van der Waals surface area contributed by atoms with Crippen LogP contribution in [0.2, 0.25) is 0 Å². The summed E-state index contributed by atoms with van der Waals surface area (Å²) in [7, 11) is -3.62. The first kappa shape index (κ1) is 22.4. The SMILES string of the molecule is [C-]#[N+]c1ccc(-c2ccc(NS(=O)(=O)CCCCCCCC)c(C(=O)O)c2)cc1. The molecule has 0 radical (unpaired) electrons. The van der Waals surface area contributed by atoms with Gasteiger partial charge in [0.05, 0.1) is 23.6 Å². The standard InChI is InChI=1S/C22H26N2O4S/c1-3-4-5-6-7-8-15-29(27,28)24-21-14-11-18(16-20(21)22(25)26)17-9-12-19(23-2)13-10-17/h9-14,16,24H,3-8,15H2,1H3,(H,25,26). The fourth-order valence-corrected chi connectivity index (χ4v) is 4.21. The number of carboxylic acid groups (broad SMARTS) is 1. The first-order valence-corrected chi connectivity index (χ1v) is 11.4. The van der Waals surface area contributed by atoms with Crippen LogP contribution in [0.4, 0.5) is 11.4 Å². The van der Waals surface area contributed by atoms with Crippen molar-refractivity contribution in [2.45, 2.75) is 45.4 Å². The molecular formula is C22H26N2O4S. The number of benzene rings is 2. The van der Waals surface area contributed by atoms with E-state index in [2.05, 4.69) is 16.5 Å². The molecule has 2 aromatic rings. The zero-order chi connectivity index (χ0) is 21.3. The Labute approximate surface area is 172 Å². The van der Waals surface area contributed by atoms with Crippen LogP contribution in [0.15, 0.2) is 42.5 Å². The Bertz CT molecular complexity index is 977. The predicted octanol–water partition coefficient (Wildman–Crippen LogP) is 5.70. The van der Waals surface area contributed by atoms with Gasteiger partial charge in [0.25, 0.3) is 0 Å². The number of carboxylic acids is 1. The highest BCUT2D eigenvalue weighted by molar-refractivity contribution is 7.92. The summed E-state index contributed by atoms with van der Waals surface area (Å²) in [5.41, 5.74) is 1.83. The number of sulfonamides is 1. The van der Waals surface area contributed by atoms with E-state index in [0.29, 0.717) is 17.7 Å². The van der Waals surface area contributed by atoms with Gasteiger partial charge >= 0.3 is 5.97 Å². The number of hydrogen-bond acceptors (Lipinski definition) is 3. The highest BCUT2D eigenvalue weighted by Crippen LogP contribution is 2.28. The maximum Gasteiger partial charge on any atom is 0.337 e. The van der Waals surface area contributed by atoms with Crippen molar-refractivity contribution in [1.82, 2.24) is 0 Å². The number of nitrogens with one attached hydrogen (secondary N) is 1. The van der Waals surface area contributed by atoms with Crippen molar-refractivity contribution in [2.24, 2.45) is 0 Å². The lowest BCUT2D eigenvalue weighted by molar-refractivity contribution is 0.0698. The lowest BCUT2D eigenvalue weighted by atomic mass is 10.0. The van der Waals surface area contributed by atoms with E-state index in [-0.39, 0.29) is 17.0 Å². The Morgan fingerprint density at radius 3 is 2.24 bits per heavy atom. The minimum atomic E-state index is -3.62. The number of hydrogen-bond donors (Lipinski definition) is 2. The number of anilines is 1. The van der Waals surface area contributed by atoms with Crippen LogP contribution in [0.1, 0.15) is 55.8 Å². The molecule has 2 N–H and O–H groups in total. The van der Waals surface area contributed by atoms with E-state index < -0.39 is 16.0 Å². The maximum atomic E-state index is 12.4. The second kappa shape index (κ2) is 10.6. The molecule has 0 spiro atoms. The average molecular weight is 415 g/mol. The van der Waals surface area contributed by atoms with Crippen LogP contribution in [0.3, 0.4) is 0 Å². The van der Waals surface area contributed by atoms with Gasteiger partial charge in [-0.15, -0.1) is 0 Å². The molecule has 0 fully saturated rings. The Morgan fingerprint density at radius 2 is 1.62 bits per heavy atom. The van der Waals surface area contributed by atoms with Gasteiger partial charge in [-0.25, -0.2) is 18.1 Å². The molecular weight excluding hydrogens is 388 g/mol. The van der Waals surface area contributed by atoms with Gasteiger partial charge in [0.1, 0.15) is 0 Å². The number of nitrogens with zero attached hydrogens (tertiary/aromatic N) is 1. The molecule has 0 unspecified atom stereocenters. The number of aromatic carboxylic acids is 1. The lowest BCUT2D eigenvalue weighted by Gasteiger charge is -2.12. The Balaban J connectivity index is 2.12. The van der Waals surface area contributed by atoms with Crippen molar-refractivity contribution in [3.63, 3.8) is 0 Å². The van der Waals surface area contributed by atoms with E-state index in [1.54, 1.807) is 30.3 Å². The molecule has 7 heteroatoms. The highest BCUT2D eigenvalue weighted by atomic mass is 32.2. The van der Waals surface area contributed by atoms with E-state index >= 15 is 0 Å². The number of rotatable bonds is 11. The molecule has 0 aliphatic heterocycles. The highest BCUT2D eigenvalue weighted by Gasteiger charge is 2.17. The monoisotopic (exact) mass is 414 g/mol. The van der Waals surface area contributed by atoms with E-state index in [0.717, 1.165) is 37.7 Å². The quantitative estimate of drug-likeness (QED) is 0.364. The van der Waals surface area contributed by atoms with Gasteiger partial charge in [0.2, 0.25) is 10.0 Å². The third-order valence-electron chi connectivity index (χ3n) is 4.61. The number of carbonyl (C=O) groups is 1. The van der Waals surface area contributed by atoms with Gasteiger partial charge in [0, 0.05) is 0 Å². The van der Waals surface area contributed by atoms with Crippen LogP contribution in [0.5, 0.6) is 0 Å². The summed E-state index contributed by atoms with van der Waals surface area (Å²) < 4.78 is 27.1. The summed E-state index contributed by atoms with van der Waals surface area (Å²) >= 11 is 0. The number of unbranched alkanes of at least 4 members (excludes halogenated alkanes) is 5. The van der Waals surface area contributed by atoms with E-state index in [4.69, 9.17) is 6.57 Å². The molecule has 0 bridgehead atoms. The third-order valence-corrected chi connectivity index (χ3v) is 5.97. The van der Waals surface area contributed by atoms with Gasteiger partial charge in [-0.05, 0) is 29.7 Å². The van der Waals surface area contributed by atoms with Crippen LogP contribution >= 0.6 is 0 Å². The molecule has 6 nitrogen and oxygen atoms in total. The van der Waals surface area contributed by atoms with E-state index in [1.807, 2.05) is 0 Å². The van der Waals surface area contributed by atoms with Gasteiger partial charge in [-0.2, -0.15) is 0 Å². The summed E-state index contributed by atoms with van der Waals surface area (Å²) in [6.07, 6.45) is 5.78. The second-order valence-corrected chi connectivity index (χ2v) is 8.75. The summed E-state index contributed by atoms with van der Waals surface area (Å²) in [5, 5.41) is 9.54. The Kier molecular flexibility index (Phi) is 8.22. The fraction of sp³-hybridized carbons (Fsp3) is 0.364. The topological polar surface area (TPSA) is 87.8 Å². The van der Waals surface area contributed by atoms with Crippen molar-refractivity contribution >= 4 is 27.4 Å². The molecule has 0 aromatic heterocycles. The minimum absolute atomic E-state index is 0.0297. The summed E-state index contributed by atoms with van der Waals surface area (Å²) in [6.45, 7) is 9.12. The molecule has 0 amide bonds. The van der Waals surface area contributed by atoms with Gasteiger partial charge < -0.3 is 5.11 Å². The molecule has 0 saturated carbocycles. The first-order chi connectivity index (χ1) is 13.9. The molecule has 0 heterocycles. The van der Waals surface area contributed by atoms with Gasteiger partial charge in [-0.1, -0.05) is 69.4 Å². The molecule has 29 heavy (non-hydrogen) atoms. The summed E-state index contributed by atoms with van der Waals surface area (Å²) in [4.78, 5) is 15.0. The van der Waals surface area contributed by atoms with Crippen LogP contribution in [-0.2, 0) is 10.0 Å². The van der Waals surface area contributed by atoms with Gasteiger partial charge in [0.15, 0.2) is 5.69 Å². The molecule has 2 aromatic carbocycles. The van der Waals surface area contributed by atoms with Crippen molar-refractivity contribution in [3.05, 3.63) is 59.4 Å². The molecule has 0 aliphatic carbocycles. The summed E-state index contributed by atoms with van der Waals surface area (Å²) in [5.74, 6) is -1.24. The fourth-order valence-electron chi connectivity index (χ4n) is 3.01. The second-order valence-electron chi connectivity index (χ2n) is 6.91. The van der Waals surface area contributed by atoms with Crippen molar-refractivity contribution in [2.75, 3.05) is 10.5 Å². The maximum absolute atomic E-state index is 12.4. The smallest absolute Gasteiger partial charge is 0.337 e. The molecule has 2 rings (SSSR count). The van der Waals surface area contributed by atoms with Crippen molar-refractivity contribution < 1.29 is 18.3 Å². The molecule has 154 valence electrons. The van der Waals surface area contributed by atoms with E-state index in [9.17, 15) is 18.3 Å². The molecule has 0 atom stereocenters. The van der Waals surface area contributed by atoms with Crippen LogP contribution < -0.4 is 4.72 Å². The molecule has 0 saturated heterocycles. The van der Waals surface area contributed by atoms with Gasteiger partial charge in [-0.3, -0.25) is 4.72 Å². The zero-order valence-corrected chi connectivity index (χ0v) is 17.3. The Morgan fingerprint density at radius 1 is 1.00 bits per heavy atom. The van der Waals surface area contributed by atoms with E-state index in [1.165, 1.54) is 12.1 Å². The third kappa shape index (κ3) is 6.91. The predicted molar refractivity (Wildman–Crippen MR) is 116 cm³/mol. The van der Waals surface area contributed by atoms with Crippen LogP contribution in [-0.4, -0.2) is 25.2 Å². The summed E-state index contributed by atoms with van der Waals surface area (Å²) in [6, 6.07) is 11.4.